The van der Waals surface area contributed by atoms with Gasteiger partial charge in [-0.05, 0) is 70.7 Å². The van der Waals surface area contributed by atoms with Crippen LogP contribution in [0.2, 0.25) is 5.02 Å². The normalized spacial score (nSPS) is 10.4. The first-order valence-electron chi connectivity index (χ1n) is 8.36. The molecule has 0 unspecified atom stereocenters. The largest absolute Gasteiger partial charge is 0.491 e. The average Bonchev–Trinajstić information content (AvgIpc) is 3.20. The molecule has 0 aliphatic carbocycles. The molecule has 0 fully saturated rings. The van der Waals surface area contributed by atoms with Gasteiger partial charge >= 0.3 is 0 Å². The molecule has 0 radical (unpaired) electrons. The molecule has 28 heavy (non-hydrogen) atoms. The van der Waals surface area contributed by atoms with Crippen LogP contribution in [-0.2, 0) is 0 Å². The Kier molecular flexibility index (Phi) is 6.72. The Balaban J connectivity index is 1.72. The molecule has 3 rings (SSSR count). The number of amides is 2. The lowest BCUT2D eigenvalue weighted by Gasteiger charge is -2.14. The van der Waals surface area contributed by atoms with Gasteiger partial charge in [-0.15, -0.1) is 11.3 Å². The Morgan fingerprint density at radius 1 is 1.11 bits per heavy atom. The summed E-state index contributed by atoms with van der Waals surface area (Å²) in [5, 5.41) is 7.92. The smallest absolute Gasteiger partial charge is 0.265 e. The maximum Gasteiger partial charge on any atom is 0.265 e. The third-order valence-electron chi connectivity index (χ3n) is 3.70. The molecule has 0 saturated heterocycles. The Morgan fingerprint density at radius 2 is 1.86 bits per heavy atom. The fourth-order valence-corrected chi connectivity index (χ4v) is 3.99. The molecule has 2 amide bonds. The van der Waals surface area contributed by atoms with Crippen LogP contribution in [0.5, 0.6) is 5.75 Å². The summed E-state index contributed by atoms with van der Waals surface area (Å²) in [6.45, 7) is 2.30. The van der Waals surface area contributed by atoms with Crippen LogP contribution in [0.1, 0.15) is 27.0 Å². The highest BCUT2D eigenvalue weighted by Gasteiger charge is 2.14. The Hall–Kier alpha value is -2.35. The Bertz CT molecular complexity index is 991. The van der Waals surface area contributed by atoms with Gasteiger partial charge in [-0.2, -0.15) is 0 Å². The fourth-order valence-electron chi connectivity index (χ4n) is 2.44. The van der Waals surface area contributed by atoms with E-state index in [1.807, 2.05) is 18.4 Å². The van der Waals surface area contributed by atoms with Crippen LogP contribution >= 0.6 is 38.9 Å². The zero-order valence-corrected chi connectivity index (χ0v) is 18.0. The lowest BCUT2D eigenvalue weighted by molar-refractivity contribution is 0.102. The number of hydrogen-bond donors (Lipinski definition) is 2. The second-order valence-electron chi connectivity index (χ2n) is 5.66. The first kappa shape index (κ1) is 20.4. The number of rotatable bonds is 6. The average molecular weight is 480 g/mol. The van der Waals surface area contributed by atoms with Gasteiger partial charge in [0.05, 0.1) is 21.6 Å². The summed E-state index contributed by atoms with van der Waals surface area (Å²) in [7, 11) is 0. The van der Waals surface area contributed by atoms with E-state index in [4.69, 9.17) is 16.3 Å². The van der Waals surface area contributed by atoms with E-state index in [-0.39, 0.29) is 11.8 Å². The van der Waals surface area contributed by atoms with Gasteiger partial charge in [-0.25, -0.2) is 0 Å². The Labute approximate surface area is 179 Å². The minimum Gasteiger partial charge on any atom is -0.491 e. The van der Waals surface area contributed by atoms with Crippen LogP contribution in [0, 0.1) is 0 Å². The number of nitrogens with one attached hydrogen (secondary N) is 2. The lowest BCUT2D eigenvalue weighted by atomic mass is 10.2. The van der Waals surface area contributed by atoms with Gasteiger partial charge in [0.15, 0.2) is 5.75 Å². The van der Waals surface area contributed by atoms with E-state index in [1.54, 1.807) is 42.5 Å². The summed E-state index contributed by atoms with van der Waals surface area (Å²) in [6, 6.07) is 13.5. The van der Waals surface area contributed by atoms with Crippen molar-refractivity contribution in [3.05, 3.63) is 73.8 Å². The van der Waals surface area contributed by atoms with Crippen LogP contribution in [-0.4, -0.2) is 18.4 Å². The summed E-state index contributed by atoms with van der Waals surface area (Å²) in [4.78, 5) is 25.3. The number of carbonyl (C=O) groups is 2. The quantitative estimate of drug-likeness (QED) is 0.451. The predicted octanol–water partition coefficient (Wildman–Crippen LogP) is 6.07. The van der Waals surface area contributed by atoms with E-state index in [0.717, 1.165) is 0 Å². The first-order chi connectivity index (χ1) is 13.5. The van der Waals surface area contributed by atoms with Gasteiger partial charge in [0.2, 0.25) is 0 Å². The molecule has 0 aliphatic rings. The second kappa shape index (κ2) is 9.23. The van der Waals surface area contributed by atoms with Crippen molar-refractivity contribution < 1.29 is 14.3 Å². The number of ether oxygens (including phenoxy) is 1. The summed E-state index contributed by atoms with van der Waals surface area (Å²) >= 11 is 10.8. The zero-order chi connectivity index (χ0) is 20.1. The Morgan fingerprint density at radius 3 is 2.50 bits per heavy atom. The topological polar surface area (TPSA) is 67.4 Å². The summed E-state index contributed by atoms with van der Waals surface area (Å²) in [5.41, 5.74) is 1.52. The maximum absolute atomic E-state index is 12.6. The SMILES string of the molecule is CCOc1c(Br)cc(Cl)cc1NC(=O)c1ccc(NC(=O)c2cccs2)cc1. The molecule has 2 aromatic carbocycles. The van der Waals surface area contributed by atoms with Crippen molar-refractivity contribution in [2.24, 2.45) is 0 Å². The number of anilines is 2. The van der Waals surface area contributed by atoms with Gasteiger partial charge in [-0.3, -0.25) is 9.59 Å². The van der Waals surface area contributed by atoms with Gasteiger partial charge < -0.3 is 15.4 Å². The molecule has 144 valence electrons. The number of benzene rings is 2. The van der Waals surface area contributed by atoms with Gasteiger partial charge in [0.1, 0.15) is 0 Å². The second-order valence-corrected chi connectivity index (χ2v) is 7.90. The molecule has 5 nitrogen and oxygen atoms in total. The minimum atomic E-state index is -0.314. The third-order valence-corrected chi connectivity index (χ3v) is 5.37. The van der Waals surface area contributed by atoms with Gasteiger partial charge in [-0.1, -0.05) is 17.7 Å². The number of halogens is 2. The zero-order valence-electron chi connectivity index (χ0n) is 14.8. The van der Waals surface area contributed by atoms with Crippen LogP contribution in [0.25, 0.3) is 0 Å². The van der Waals surface area contributed by atoms with E-state index >= 15 is 0 Å². The van der Waals surface area contributed by atoms with Crippen molar-refractivity contribution >= 4 is 62.1 Å². The minimum absolute atomic E-state index is 0.183. The monoisotopic (exact) mass is 478 g/mol. The van der Waals surface area contributed by atoms with E-state index in [9.17, 15) is 9.59 Å². The standard InChI is InChI=1S/C20H16BrClN2O3S/c1-2-27-18-15(21)10-13(22)11-16(18)24-19(25)12-5-7-14(8-6-12)23-20(26)17-4-3-9-28-17/h3-11H,2H2,1H3,(H,23,26)(H,24,25). The van der Waals surface area contributed by atoms with Crippen molar-refractivity contribution in [2.75, 3.05) is 17.2 Å². The van der Waals surface area contributed by atoms with E-state index in [2.05, 4.69) is 26.6 Å². The molecular weight excluding hydrogens is 464 g/mol. The number of hydrogen-bond acceptors (Lipinski definition) is 4. The molecule has 0 atom stereocenters. The molecule has 3 aromatic rings. The molecule has 1 heterocycles. The third kappa shape index (κ3) is 4.92. The fraction of sp³-hybridized carbons (Fsp3) is 0.100. The van der Waals surface area contributed by atoms with Crippen molar-refractivity contribution in [3.63, 3.8) is 0 Å². The summed E-state index contributed by atoms with van der Waals surface area (Å²) < 4.78 is 6.25. The molecule has 8 heteroatoms. The van der Waals surface area contributed by atoms with Crippen molar-refractivity contribution in [1.29, 1.82) is 0 Å². The van der Waals surface area contributed by atoms with E-state index < -0.39 is 0 Å². The van der Waals surface area contributed by atoms with Crippen LogP contribution in [0.15, 0.2) is 58.4 Å². The lowest BCUT2D eigenvalue weighted by Crippen LogP contribution is -2.14. The van der Waals surface area contributed by atoms with Crippen LogP contribution in [0.3, 0.4) is 0 Å². The highest BCUT2D eigenvalue weighted by Crippen LogP contribution is 2.36. The summed E-state index contributed by atoms with van der Waals surface area (Å²) in [5.74, 6) is 0.0173. The van der Waals surface area contributed by atoms with E-state index in [0.29, 0.717) is 43.7 Å². The van der Waals surface area contributed by atoms with Crippen molar-refractivity contribution in [1.82, 2.24) is 0 Å². The molecule has 1 aromatic heterocycles. The molecule has 0 saturated carbocycles. The first-order valence-corrected chi connectivity index (χ1v) is 10.4. The highest BCUT2D eigenvalue weighted by atomic mass is 79.9. The summed E-state index contributed by atoms with van der Waals surface area (Å²) in [6.07, 6.45) is 0. The molecule has 0 bridgehead atoms. The van der Waals surface area contributed by atoms with Gasteiger partial charge in [0.25, 0.3) is 11.8 Å². The van der Waals surface area contributed by atoms with Crippen molar-refractivity contribution in [2.45, 2.75) is 6.92 Å². The molecule has 0 aliphatic heterocycles. The van der Waals surface area contributed by atoms with E-state index in [1.165, 1.54) is 11.3 Å². The number of thiophene rings is 1. The number of carbonyl (C=O) groups excluding carboxylic acids is 2. The van der Waals surface area contributed by atoms with Gasteiger partial charge in [0, 0.05) is 16.3 Å². The molecule has 0 spiro atoms. The molecular formula is C20H16BrClN2O3S. The maximum atomic E-state index is 12.6. The van der Waals surface area contributed by atoms with Crippen LogP contribution < -0.4 is 15.4 Å². The van der Waals surface area contributed by atoms with Crippen LogP contribution in [0.4, 0.5) is 11.4 Å². The highest BCUT2D eigenvalue weighted by molar-refractivity contribution is 9.10. The van der Waals surface area contributed by atoms with Crippen molar-refractivity contribution in [3.8, 4) is 5.75 Å². The predicted molar refractivity (Wildman–Crippen MR) is 117 cm³/mol. The molecule has 2 N–H and O–H groups in total.